The molecule has 0 unspecified atom stereocenters. The number of carbonyl (C=O) groups excluding carboxylic acids is 3. The van der Waals surface area contributed by atoms with Crippen molar-refractivity contribution in [3.8, 4) is 0 Å². The van der Waals surface area contributed by atoms with Crippen LogP contribution in [0.2, 0.25) is 0 Å². The highest BCUT2D eigenvalue weighted by atomic mass is 16.6. The lowest BCUT2D eigenvalue weighted by Crippen LogP contribution is -2.30. The van der Waals surface area contributed by atoms with Crippen LogP contribution >= 0.6 is 0 Å². The van der Waals surface area contributed by atoms with Crippen molar-refractivity contribution in [2.45, 2.75) is 356 Å². The molecule has 0 heterocycles. The van der Waals surface area contributed by atoms with Crippen LogP contribution in [0.3, 0.4) is 0 Å². The first-order valence-corrected chi connectivity index (χ1v) is 31.1. The second kappa shape index (κ2) is 54.2. The summed E-state index contributed by atoms with van der Waals surface area (Å²) in [6, 6.07) is 0. The van der Waals surface area contributed by atoms with Crippen LogP contribution in [-0.4, -0.2) is 37.2 Å². The summed E-state index contributed by atoms with van der Waals surface area (Å²) in [6.45, 7) is 13.8. The smallest absolute Gasteiger partial charge is 0.306 e. The zero-order chi connectivity index (χ0) is 50.5. The molecular formula is C63H122O6. The molecule has 0 saturated heterocycles. The Morgan fingerprint density at radius 3 is 0.623 bits per heavy atom. The van der Waals surface area contributed by atoms with Gasteiger partial charge in [-0.25, -0.2) is 0 Å². The van der Waals surface area contributed by atoms with Gasteiger partial charge in [0.25, 0.3) is 0 Å². The first-order chi connectivity index (χ1) is 33.6. The lowest BCUT2D eigenvalue weighted by molar-refractivity contribution is -0.167. The number of unbranched alkanes of at least 4 members (excludes halogenated alkanes) is 39. The van der Waals surface area contributed by atoms with Crippen molar-refractivity contribution in [3.63, 3.8) is 0 Å². The molecule has 0 amide bonds. The van der Waals surface area contributed by atoms with Gasteiger partial charge in [-0.1, -0.05) is 311 Å². The third-order valence-corrected chi connectivity index (χ3v) is 14.4. The summed E-state index contributed by atoms with van der Waals surface area (Å²) in [4.78, 5) is 38.2. The van der Waals surface area contributed by atoms with E-state index in [2.05, 4.69) is 41.5 Å². The second-order valence-electron chi connectivity index (χ2n) is 23.1. The number of esters is 3. The van der Waals surface area contributed by atoms with E-state index >= 15 is 0 Å². The van der Waals surface area contributed by atoms with E-state index in [-0.39, 0.29) is 31.1 Å². The monoisotopic (exact) mass is 975 g/mol. The van der Waals surface area contributed by atoms with Crippen LogP contribution in [0.1, 0.15) is 350 Å². The molecule has 410 valence electrons. The zero-order valence-electron chi connectivity index (χ0n) is 47.6. The Hall–Kier alpha value is -1.59. The number of ether oxygens (including phenoxy) is 3. The molecule has 0 aliphatic carbocycles. The maximum atomic E-state index is 12.9. The molecule has 0 spiro atoms. The first kappa shape index (κ1) is 67.4. The predicted molar refractivity (Wildman–Crippen MR) is 298 cm³/mol. The molecule has 0 fully saturated rings. The first-order valence-electron chi connectivity index (χ1n) is 31.1. The Morgan fingerprint density at radius 2 is 0.420 bits per heavy atom. The summed E-state index contributed by atoms with van der Waals surface area (Å²) in [5.74, 6) is 1.68. The van der Waals surface area contributed by atoms with Crippen LogP contribution < -0.4 is 0 Å². The van der Waals surface area contributed by atoms with Crippen LogP contribution in [0.15, 0.2) is 0 Å². The van der Waals surface area contributed by atoms with Gasteiger partial charge in [0.2, 0.25) is 0 Å². The van der Waals surface area contributed by atoms with Crippen molar-refractivity contribution in [2.24, 2.45) is 17.8 Å². The van der Waals surface area contributed by atoms with Gasteiger partial charge in [0, 0.05) is 19.3 Å². The molecule has 0 aromatic heterocycles. The molecule has 0 aliphatic heterocycles. The molecule has 0 N–H and O–H groups in total. The van der Waals surface area contributed by atoms with Crippen molar-refractivity contribution in [2.75, 3.05) is 13.2 Å². The molecule has 0 saturated carbocycles. The van der Waals surface area contributed by atoms with Gasteiger partial charge in [-0.2, -0.15) is 0 Å². The number of rotatable bonds is 56. The Morgan fingerprint density at radius 1 is 0.246 bits per heavy atom. The van der Waals surface area contributed by atoms with Gasteiger partial charge in [-0.3, -0.25) is 14.4 Å². The number of hydrogen-bond acceptors (Lipinski definition) is 6. The minimum Gasteiger partial charge on any atom is -0.462 e. The molecule has 1 atom stereocenters. The second-order valence-corrected chi connectivity index (χ2v) is 23.1. The molecular weight excluding hydrogens is 853 g/mol. The van der Waals surface area contributed by atoms with Gasteiger partial charge in [0.05, 0.1) is 0 Å². The van der Waals surface area contributed by atoms with E-state index in [0.29, 0.717) is 19.3 Å². The lowest BCUT2D eigenvalue weighted by Gasteiger charge is -2.18. The molecule has 0 aromatic rings. The minimum absolute atomic E-state index is 0.0631. The van der Waals surface area contributed by atoms with Gasteiger partial charge in [0.1, 0.15) is 13.2 Å². The van der Waals surface area contributed by atoms with Crippen LogP contribution in [-0.2, 0) is 28.6 Å². The Kier molecular flexibility index (Phi) is 52.9. The third kappa shape index (κ3) is 57.2. The van der Waals surface area contributed by atoms with Gasteiger partial charge in [0.15, 0.2) is 6.10 Å². The quantitative estimate of drug-likeness (QED) is 0.0343. The Labute approximate surface area is 431 Å². The fourth-order valence-corrected chi connectivity index (χ4v) is 9.71. The Bertz CT molecular complexity index is 1070. The summed E-state index contributed by atoms with van der Waals surface area (Å²) >= 11 is 0. The normalized spacial score (nSPS) is 12.1. The number of hydrogen-bond donors (Lipinski definition) is 0. The summed E-state index contributed by atoms with van der Waals surface area (Å²) in [6.07, 6.45) is 58.2. The van der Waals surface area contributed by atoms with E-state index in [1.807, 2.05) is 0 Å². The van der Waals surface area contributed by atoms with Crippen molar-refractivity contribution in [1.29, 1.82) is 0 Å². The highest BCUT2D eigenvalue weighted by Gasteiger charge is 2.19. The summed E-state index contributed by atoms with van der Waals surface area (Å²) in [5, 5.41) is 0. The van der Waals surface area contributed by atoms with Gasteiger partial charge in [-0.15, -0.1) is 0 Å². The molecule has 6 nitrogen and oxygen atoms in total. The molecule has 0 bridgehead atoms. The van der Waals surface area contributed by atoms with Crippen LogP contribution in [0.4, 0.5) is 0 Å². The molecule has 0 aromatic carbocycles. The highest BCUT2D eigenvalue weighted by Crippen LogP contribution is 2.19. The molecule has 0 aliphatic rings. The van der Waals surface area contributed by atoms with Crippen molar-refractivity contribution < 1.29 is 28.6 Å². The van der Waals surface area contributed by atoms with E-state index in [0.717, 1.165) is 75.5 Å². The van der Waals surface area contributed by atoms with Gasteiger partial charge >= 0.3 is 17.9 Å². The third-order valence-electron chi connectivity index (χ3n) is 14.4. The largest absolute Gasteiger partial charge is 0.462 e. The maximum absolute atomic E-state index is 12.9. The van der Waals surface area contributed by atoms with E-state index in [1.165, 1.54) is 231 Å². The molecule has 0 rings (SSSR count). The van der Waals surface area contributed by atoms with Gasteiger partial charge in [-0.05, 0) is 37.0 Å². The predicted octanol–water partition coefficient (Wildman–Crippen LogP) is 20.7. The van der Waals surface area contributed by atoms with Crippen LogP contribution in [0.25, 0.3) is 0 Å². The van der Waals surface area contributed by atoms with E-state index in [4.69, 9.17) is 14.2 Å². The fourth-order valence-electron chi connectivity index (χ4n) is 9.71. The standard InChI is InChI=1S/C63H122O6/c1-57(2)49-43-37-31-25-19-15-11-9-7-8-10-12-17-21-28-34-40-46-52-61(64)67-55-60(69-63(66)54-48-42-36-30-24-23-27-33-39-45-51-59(5)6)56-68-62(65)53-47-41-35-29-22-18-14-13-16-20-26-32-38-44-50-58(3)4/h57-60H,7-56H2,1-6H3/t60-/m0/s1. The maximum Gasteiger partial charge on any atom is 0.306 e. The molecule has 6 heteroatoms. The molecule has 0 radical (unpaired) electrons. The fraction of sp³-hybridized carbons (Fsp3) is 0.952. The van der Waals surface area contributed by atoms with Gasteiger partial charge < -0.3 is 14.2 Å². The summed E-state index contributed by atoms with van der Waals surface area (Å²) < 4.78 is 16.9. The molecule has 69 heavy (non-hydrogen) atoms. The van der Waals surface area contributed by atoms with Crippen molar-refractivity contribution >= 4 is 17.9 Å². The highest BCUT2D eigenvalue weighted by molar-refractivity contribution is 5.71. The van der Waals surface area contributed by atoms with Crippen molar-refractivity contribution in [3.05, 3.63) is 0 Å². The minimum atomic E-state index is -0.764. The van der Waals surface area contributed by atoms with E-state index < -0.39 is 6.10 Å². The zero-order valence-corrected chi connectivity index (χ0v) is 47.6. The topological polar surface area (TPSA) is 78.9 Å². The SMILES string of the molecule is CC(C)CCCCCCCCCCCCCCCCCCCCC(=O)OC[C@@H](COC(=O)CCCCCCCCCCCCCCCCC(C)C)OC(=O)CCCCCCCCCCCCC(C)C. The number of carbonyl (C=O) groups is 3. The average Bonchev–Trinajstić information content (AvgIpc) is 3.31. The van der Waals surface area contributed by atoms with Crippen LogP contribution in [0, 0.1) is 17.8 Å². The average molecular weight is 976 g/mol. The summed E-state index contributed by atoms with van der Waals surface area (Å²) in [7, 11) is 0. The van der Waals surface area contributed by atoms with E-state index in [1.54, 1.807) is 0 Å². The van der Waals surface area contributed by atoms with E-state index in [9.17, 15) is 14.4 Å². The lowest BCUT2D eigenvalue weighted by atomic mass is 10.0. The van der Waals surface area contributed by atoms with Crippen molar-refractivity contribution in [1.82, 2.24) is 0 Å². The summed E-state index contributed by atoms with van der Waals surface area (Å²) in [5.41, 5.74) is 0. The Balaban J connectivity index is 4.24. The van der Waals surface area contributed by atoms with Crippen LogP contribution in [0.5, 0.6) is 0 Å².